The summed E-state index contributed by atoms with van der Waals surface area (Å²) in [4.78, 5) is 27.0. The molecule has 4 aliphatic rings. The van der Waals surface area contributed by atoms with E-state index in [1.54, 1.807) is 31.2 Å². The number of hydrogen-bond acceptors (Lipinski definition) is 6. The minimum absolute atomic E-state index is 0.0338. The lowest BCUT2D eigenvalue weighted by molar-refractivity contribution is -0.201. The predicted molar refractivity (Wildman–Crippen MR) is 138 cm³/mol. The lowest BCUT2D eigenvalue weighted by Gasteiger charge is -2.48. The largest absolute Gasteiger partial charge is 0.451 e. The Hall–Kier alpha value is -2.28. The molecule has 36 heavy (non-hydrogen) atoms. The summed E-state index contributed by atoms with van der Waals surface area (Å²) in [7, 11) is 0. The van der Waals surface area contributed by atoms with E-state index in [0.717, 1.165) is 19.3 Å². The Morgan fingerprint density at radius 1 is 1.22 bits per heavy atom. The Morgan fingerprint density at radius 2 is 1.92 bits per heavy atom. The first-order valence-electron chi connectivity index (χ1n) is 13.1. The number of allylic oxidation sites excluding steroid dienone is 6. The summed E-state index contributed by atoms with van der Waals surface area (Å²) >= 11 is 0. The SMILES string of the molecule is CCC/C=C/C=C/C=C/C(=O)OC1C(C)=CC23C(=O)C(C=C(CO)C(O)C12O)C1C(CC3C)C1(C)C. The lowest BCUT2D eigenvalue weighted by atomic mass is 9.59. The average Bonchev–Trinajstić information content (AvgIpc) is 3.32. The van der Waals surface area contributed by atoms with Crippen molar-refractivity contribution in [2.75, 3.05) is 6.61 Å². The van der Waals surface area contributed by atoms with Crippen molar-refractivity contribution in [2.24, 2.45) is 34.5 Å². The van der Waals surface area contributed by atoms with Crippen LogP contribution in [0, 0.1) is 34.5 Å². The van der Waals surface area contributed by atoms with Crippen LogP contribution < -0.4 is 0 Å². The van der Waals surface area contributed by atoms with Crippen LogP contribution in [0.25, 0.3) is 0 Å². The zero-order valence-electron chi connectivity index (χ0n) is 22.0. The zero-order valence-corrected chi connectivity index (χ0v) is 22.0. The van der Waals surface area contributed by atoms with Gasteiger partial charge in [0.15, 0.2) is 17.5 Å². The van der Waals surface area contributed by atoms with E-state index in [1.165, 1.54) is 6.08 Å². The first-order chi connectivity index (χ1) is 17.0. The molecule has 4 rings (SSSR count). The Morgan fingerprint density at radius 3 is 2.58 bits per heavy atom. The molecule has 2 saturated carbocycles. The summed E-state index contributed by atoms with van der Waals surface area (Å²) in [5.41, 5.74) is -2.83. The van der Waals surface area contributed by atoms with E-state index in [4.69, 9.17) is 4.74 Å². The number of unbranched alkanes of at least 4 members (excludes halogenated alkanes) is 1. The van der Waals surface area contributed by atoms with E-state index < -0.39 is 41.7 Å². The van der Waals surface area contributed by atoms with E-state index >= 15 is 0 Å². The maximum atomic E-state index is 14.3. The van der Waals surface area contributed by atoms with Crippen LogP contribution in [-0.2, 0) is 14.3 Å². The van der Waals surface area contributed by atoms with Gasteiger partial charge in [-0.25, -0.2) is 4.79 Å². The van der Waals surface area contributed by atoms with Crippen molar-refractivity contribution in [1.29, 1.82) is 0 Å². The first-order valence-corrected chi connectivity index (χ1v) is 13.1. The van der Waals surface area contributed by atoms with Gasteiger partial charge in [0.1, 0.15) is 6.10 Å². The van der Waals surface area contributed by atoms with Gasteiger partial charge in [-0.3, -0.25) is 4.79 Å². The monoisotopic (exact) mass is 496 g/mol. The molecule has 0 amide bonds. The fraction of sp³-hybridized carbons (Fsp3) is 0.600. The highest BCUT2D eigenvalue weighted by Gasteiger charge is 2.76. The average molecular weight is 497 g/mol. The van der Waals surface area contributed by atoms with Crippen LogP contribution in [0.15, 0.2) is 59.8 Å². The second-order valence-corrected chi connectivity index (χ2v) is 11.6. The van der Waals surface area contributed by atoms with E-state index in [0.29, 0.717) is 11.5 Å². The quantitative estimate of drug-likeness (QED) is 0.214. The number of fused-ring (bicyclic) bond motifs is 3. The van der Waals surface area contributed by atoms with Crippen molar-refractivity contribution in [2.45, 2.75) is 71.7 Å². The molecule has 8 atom stereocenters. The van der Waals surface area contributed by atoms with Crippen LogP contribution in [0.1, 0.15) is 53.9 Å². The Kier molecular flexibility index (Phi) is 7.10. The number of ketones is 1. The van der Waals surface area contributed by atoms with Crippen molar-refractivity contribution < 1.29 is 29.6 Å². The van der Waals surface area contributed by atoms with Crippen molar-refractivity contribution in [1.82, 2.24) is 0 Å². The van der Waals surface area contributed by atoms with Crippen LogP contribution >= 0.6 is 0 Å². The highest BCUT2D eigenvalue weighted by molar-refractivity contribution is 5.95. The van der Waals surface area contributed by atoms with Crippen LogP contribution in [0.3, 0.4) is 0 Å². The zero-order chi connectivity index (χ0) is 26.5. The topological polar surface area (TPSA) is 104 Å². The molecule has 0 aromatic rings. The van der Waals surface area contributed by atoms with Gasteiger partial charge < -0.3 is 20.1 Å². The fourth-order valence-electron chi connectivity index (χ4n) is 7.35. The summed E-state index contributed by atoms with van der Waals surface area (Å²) < 4.78 is 5.75. The third kappa shape index (κ3) is 3.80. The molecule has 6 heteroatoms. The van der Waals surface area contributed by atoms with Gasteiger partial charge >= 0.3 is 5.97 Å². The maximum absolute atomic E-state index is 14.3. The summed E-state index contributed by atoms with van der Waals surface area (Å²) in [6, 6.07) is 0. The minimum Gasteiger partial charge on any atom is -0.451 e. The molecule has 0 aromatic carbocycles. The van der Waals surface area contributed by atoms with Crippen molar-refractivity contribution >= 4 is 11.8 Å². The van der Waals surface area contributed by atoms with Crippen molar-refractivity contribution in [3.63, 3.8) is 0 Å². The third-order valence-corrected chi connectivity index (χ3v) is 9.29. The highest BCUT2D eigenvalue weighted by atomic mass is 16.6. The van der Waals surface area contributed by atoms with Gasteiger partial charge in [-0.2, -0.15) is 0 Å². The fourth-order valence-corrected chi connectivity index (χ4v) is 7.35. The number of ether oxygens (including phenoxy) is 1. The molecule has 0 radical (unpaired) electrons. The second kappa shape index (κ2) is 9.55. The minimum atomic E-state index is -2.11. The maximum Gasteiger partial charge on any atom is 0.331 e. The molecule has 2 bridgehead atoms. The van der Waals surface area contributed by atoms with Gasteiger partial charge in [0.2, 0.25) is 0 Å². The van der Waals surface area contributed by atoms with Crippen LogP contribution in [0.5, 0.6) is 0 Å². The van der Waals surface area contributed by atoms with Crippen LogP contribution in [0.4, 0.5) is 0 Å². The summed E-state index contributed by atoms with van der Waals surface area (Å²) in [6.07, 6.45) is 13.7. The molecule has 6 nitrogen and oxygen atoms in total. The molecule has 8 unspecified atom stereocenters. The molecule has 4 aliphatic carbocycles. The van der Waals surface area contributed by atoms with Gasteiger partial charge in [0.25, 0.3) is 0 Å². The number of esters is 1. The van der Waals surface area contributed by atoms with Gasteiger partial charge in [0, 0.05) is 12.0 Å². The predicted octanol–water partition coefficient (Wildman–Crippen LogP) is 3.83. The van der Waals surface area contributed by atoms with Crippen molar-refractivity contribution in [3.8, 4) is 0 Å². The number of carbonyl (C=O) groups is 2. The second-order valence-electron chi connectivity index (χ2n) is 11.6. The van der Waals surface area contributed by atoms with E-state index in [2.05, 4.69) is 20.8 Å². The molecule has 0 aromatic heterocycles. The molecule has 3 N–H and O–H groups in total. The Bertz CT molecular complexity index is 1060. The van der Waals surface area contributed by atoms with Gasteiger partial charge in [-0.15, -0.1) is 0 Å². The molecule has 1 spiro atoms. The molecule has 0 heterocycles. The Labute approximate surface area is 214 Å². The number of rotatable bonds is 7. The molecule has 2 fully saturated rings. The van der Waals surface area contributed by atoms with Crippen LogP contribution in [-0.4, -0.2) is 51.5 Å². The lowest BCUT2D eigenvalue weighted by Crippen LogP contribution is -2.65. The third-order valence-electron chi connectivity index (χ3n) is 9.29. The Balaban J connectivity index is 1.68. The van der Waals surface area contributed by atoms with Gasteiger partial charge in [0.05, 0.1) is 12.0 Å². The van der Waals surface area contributed by atoms with E-state index in [-0.39, 0.29) is 28.6 Å². The first kappa shape index (κ1) is 26.8. The summed E-state index contributed by atoms with van der Waals surface area (Å²) in [6.45, 7) is 9.58. The smallest absolute Gasteiger partial charge is 0.331 e. The molecule has 0 aliphatic heterocycles. The number of hydrogen-bond donors (Lipinski definition) is 3. The summed E-state index contributed by atoms with van der Waals surface area (Å²) in [5.74, 6) is -1.27. The normalized spacial score (nSPS) is 41.1. The van der Waals surface area contributed by atoms with E-state index in [1.807, 2.05) is 25.2 Å². The number of aliphatic hydroxyl groups is 3. The standard InChI is InChI=1S/C30H40O6/c1-6-7-8-9-10-11-12-13-23(32)36-27-18(2)16-29-19(3)14-22-24(28(22,4)5)21(26(29)34)15-20(17-31)25(33)30(27,29)35/h8-13,15-16,19,21-22,24-25,27,31,33,35H,6-7,14,17H2,1-5H3/b9-8+,11-10+,13-12+. The molecule has 0 saturated heterocycles. The van der Waals surface area contributed by atoms with Gasteiger partial charge in [-0.05, 0) is 54.1 Å². The number of aliphatic hydroxyl groups excluding tert-OH is 2. The molecule has 196 valence electrons. The highest BCUT2D eigenvalue weighted by Crippen LogP contribution is 2.71. The van der Waals surface area contributed by atoms with Crippen molar-refractivity contribution in [3.05, 3.63) is 59.8 Å². The summed E-state index contributed by atoms with van der Waals surface area (Å²) in [5, 5.41) is 34.0. The number of carbonyl (C=O) groups excluding carboxylic acids is 2. The van der Waals surface area contributed by atoms with Gasteiger partial charge in [-0.1, -0.05) is 76.6 Å². The number of Topliss-reactive ketones (excluding diaryl/α,β-unsaturated/α-hetero) is 1. The van der Waals surface area contributed by atoms with Crippen LogP contribution in [0.2, 0.25) is 0 Å². The molecular formula is C30H40O6. The van der Waals surface area contributed by atoms with E-state index in [9.17, 15) is 24.9 Å². The molecular weight excluding hydrogens is 456 g/mol.